The van der Waals surface area contributed by atoms with Gasteiger partial charge in [0.2, 0.25) is 15.9 Å². The molecular weight excluding hydrogens is 463 g/mol. The van der Waals surface area contributed by atoms with Crippen LogP contribution in [-0.4, -0.2) is 65.0 Å². The number of thioether (sulfide) groups is 1. The molecule has 174 valence electrons. The molecule has 1 aliphatic heterocycles. The molecule has 1 amide bonds. The smallest absolute Gasteiger partial charge is 0.246 e. The van der Waals surface area contributed by atoms with Gasteiger partial charge in [-0.3, -0.25) is 9.36 Å². The molecule has 0 unspecified atom stereocenters. The van der Waals surface area contributed by atoms with Gasteiger partial charge in [-0.2, -0.15) is 4.31 Å². The number of amides is 1. The molecule has 1 aliphatic rings. The molecule has 4 rings (SSSR count). The summed E-state index contributed by atoms with van der Waals surface area (Å²) in [5.74, 6) is -0.661. The fourth-order valence-electron chi connectivity index (χ4n) is 3.87. The highest BCUT2D eigenvalue weighted by Crippen LogP contribution is 2.24. The van der Waals surface area contributed by atoms with E-state index in [1.165, 1.54) is 34.3 Å². The van der Waals surface area contributed by atoms with Crippen LogP contribution < -0.4 is 0 Å². The average molecular weight is 489 g/mol. The van der Waals surface area contributed by atoms with Crippen molar-refractivity contribution >= 4 is 27.7 Å². The van der Waals surface area contributed by atoms with Crippen molar-refractivity contribution in [3.05, 3.63) is 71.8 Å². The number of hydrogen-bond acceptors (Lipinski definition) is 5. The third kappa shape index (κ3) is 5.13. The van der Waals surface area contributed by atoms with E-state index in [0.29, 0.717) is 5.16 Å². The minimum atomic E-state index is -3.93. The van der Waals surface area contributed by atoms with Crippen LogP contribution in [0.4, 0.5) is 4.39 Å². The van der Waals surface area contributed by atoms with Crippen molar-refractivity contribution in [2.45, 2.75) is 23.9 Å². The molecule has 0 radical (unpaired) electrons. The van der Waals surface area contributed by atoms with Crippen LogP contribution >= 0.6 is 11.8 Å². The summed E-state index contributed by atoms with van der Waals surface area (Å²) in [6.45, 7) is 4.86. The summed E-state index contributed by atoms with van der Waals surface area (Å²) >= 11 is 1.35. The van der Waals surface area contributed by atoms with Gasteiger partial charge in [-0.25, -0.2) is 17.8 Å². The van der Waals surface area contributed by atoms with E-state index in [4.69, 9.17) is 0 Å². The summed E-state index contributed by atoms with van der Waals surface area (Å²) in [5, 5.41) is 0.717. The zero-order valence-corrected chi connectivity index (χ0v) is 20.1. The van der Waals surface area contributed by atoms with Crippen molar-refractivity contribution in [1.29, 1.82) is 0 Å². The van der Waals surface area contributed by atoms with Crippen LogP contribution in [0.2, 0.25) is 0 Å². The van der Waals surface area contributed by atoms with Crippen LogP contribution in [0.25, 0.3) is 5.69 Å². The van der Waals surface area contributed by atoms with Crippen LogP contribution in [0.3, 0.4) is 0 Å². The monoisotopic (exact) mass is 488 g/mol. The lowest BCUT2D eigenvalue weighted by Crippen LogP contribution is -2.51. The van der Waals surface area contributed by atoms with Gasteiger partial charge >= 0.3 is 0 Å². The Morgan fingerprint density at radius 1 is 1.06 bits per heavy atom. The first-order valence-corrected chi connectivity index (χ1v) is 13.0. The number of halogens is 1. The van der Waals surface area contributed by atoms with Crippen molar-refractivity contribution < 1.29 is 17.6 Å². The van der Waals surface area contributed by atoms with Crippen molar-refractivity contribution in [1.82, 2.24) is 18.8 Å². The highest BCUT2D eigenvalue weighted by Gasteiger charge is 2.31. The van der Waals surface area contributed by atoms with Crippen molar-refractivity contribution in [3.8, 4) is 5.69 Å². The molecule has 3 aromatic rings. The van der Waals surface area contributed by atoms with Gasteiger partial charge in [0.25, 0.3) is 0 Å². The first-order chi connectivity index (χ1) is 15.8. The number of nitrogens with zero attached hydrogens (tertiary/aromatic N) is 4. The van der Waals surface area contributed by atoms with Crippen LogP contribution in [-0.2, 0) is 14.8 Å². The summed E-state index contributed by atoms with van der Waals surface area (Å²) in [7, 11) is -3.93. The molecule has 0 spiro atoms. The van der Waals surface area contributed by atoms with Gasteiger partial charge in [-0.1, -0.05) is 30.0 Å². The number of hydrogen-bond donors (Lipinski definition) is 0. The molecule has 0 atom stereocenters. The lowest BCUT2D eigenvalue weighted by atomic mass is 10.1. The summed E-state index contributed by atoms with van der Waals surface area (Å²) in [6, 6.07) is 11.6. The SMILES string of the molecule is Cc1cc(C)cc(-n2ccnc2SCC(=O)N2CCN(S(=O)(=O)c3ccccc3F)CC2)c1. The largest absolute Gasteiger partial charge is 0.339 e. The van der Waals surface area contributed by atoms with Crippen LogP contribution in [0.1, 0.15) is 11.1 Å². The summed E-state index contributed by atoms with van der Waals surface area (Å²) in [5.41, 5.74) is 3.29. The topological polar surface area (TPSA) is 75.5 Å². The molecule has 0 saturated carbocycles. The Balaban J connectivity index is 1.36. The second-order valence-corrected chi connectivity index (χ2v) is 10.8. The number of sulfonamides is 1. The van der Waals surface area contributed by atoms with E-state index in [1.807, 2.05) is 24.6 Å². The molecule has 0 aliphatic carbocycles. The number of piperazine rings is 1. The minimum Gasteiger partial charge on any atom is -0.339 e. The zero-order valence-electron chi connectivity index (χ0n) is 18.4. The van der Waals surface area contributed by atoms with Crippen LogP contribution in [0.5, 0.6) is 0 Å². The van der Waals surface area contributed by atoms with Gasteiger partial charge in [0.15, 0.2) is 5.16 Å². The molecule has 1 aromatic heterocycles. The van der Waals surface area contributed by atoms with Crippen molar-refractivity contribution in [3.63, 3.8) is 0 Å². The molecule has 33 heavy (non-hydrogen) atoms. The van der Waals surface area contributed by atoms with Gasteiger partial charge < -0.3 is 4.90 Å². The van der Waals surface area contributed by atoms with E-state index in [-0.39, 0.29) is 42.7 Å². The molecule has 2 heterocycles. The maximum atomic E-state index is 14.0. The molecule has 0 bridgehead atoms. The third-order valence-corrected chi connectivity index (χ3v) is 8.35. The third-order valence-electron chi connectivity index (χ3n) is 5.46. The minimum absolute atomic E-state index is 0.0853. The molecule has 1 saturated heterocycles. The van der Waals surface area contributed by atoms with Gasteiger partial charge in [0, 0.05) is 44.3 Å². The van der Waals surface area contributed by atoms with E-state index in [0.717, 1.165) is 22.9 Å². The Bertz CT molecular complexity index is 1250. The fraction of sp³-hybridized carbons (Fsp3) is 0.304. The van der Waals surface area contributed by atoms with Gasteiger partial charge in [0.05, 0.1) is 5.75 Å². The highest BCUT2D eigenvalue weighted by atomic mass is 32.2. The summed E-state index contributed by atoms with van der Waals surface area (Å²) in [4.78, 5) is 18.5. The van der Waals surface area contributed by atoms with Crippen molar-refractivity contribution in [2.24, 2.45) is 0 Å². The van der Waals surface area contributed by atoms with Gasteiger partial charge in [-0.15, -0.1) is 0 Å². The molecule has 0 N–H and O–H groups in total. The first-order valence-electron chi connectivity index (χ1n) is 10.5. The van der Waals surface area contributed by atoms with E-state index < -0.39 is 15.8 Å². The Morgan fingerprint density at radius 3 is 2.39 bits per heavy atom. The van der Waals surface area contributed by atoms with Gasteiger partial charge in [-0.05, 0) is 49.2 Å². The number of aromatic nitrogens is 2. The van der Waals surface area contributed by atoms with Crippen molar-refractivity contribution in [2.75, 3.05) is 31.9 Å². The lowest BCUT2D eigenvalue weighted by molar-refractivity contribution is -0.129. The molecular formula is C23H25FN4O3S2. The Morgan fingerprint density at radius 2 is 1.73 bits per heavy atom. The maximum absolute atomic E-state index is 14.0. The van der Waals surface area contributed by atoms with E-state index >= 15 is 0 Å². The number of rotatable bonds is 6. The van der Waals surface area contributed by atoms with Crippen LogP contribution in [0, 0.1) is 19.7 Å². The Labute approximate surface area is 197 Å². The van der Waals surface area contributed by atoms with E-state index in [1.54, 1.807) is 11.1 Å². The summed E-state index contributed by atoms with van der Waals surface area (Å²) < 4.78 is 42.7. The van der Waals surface area contributed by atoms with E-state index in [2.05, 4.69) is 23.2 Å². The first kappa shape index (κ1) is 23.5. The predicted molar refractivity (Wildman–Crippen MR) is 126 cm³/mol. The van der Waals surface area contributed by atoms with E-state index in [9.17, 15) is 17.6 Å². The second kappa shape index (κ2) is 9.66. The standard InChI is InChI=1S/C23H25FN4O3S2/c1-17-13-18(2)15-19(14-17)28-8-7-25-23(28)32-16-22(29)26-9-11-27(12-10-26)33(30,31)21-6-4-3-5-20(21)24/h3-8,13-15H,9-12,16H2,1-2H3. The average Bonchev–Trinajstić information content (AvgIpc) is 3.26. The number of imidazole rings is 1. The predicted octanol–water partition coefficient (Wildman–Crippen LogP) is 3.25. The quantitative estimate of drug-likeness (QED) is 0.498. The number of benzene rings is 2. The number of carbonyl (C=O) groups excluding carboxylic acids is 1. The highest BCUT2D eigenvalue weighted by molar-refractivity contribution is 7.99. The summed E-state index contributed by atoms with van der Waals surface area (Å²) in [6.07, 6.45) is 3.57. The maximum Gasteiger partial charge on any atom is 0.246 e. The Kier molecular flexibility index (Phi) is 6.87. The Hall–Kier alpha value is -2.69. The molecule has 7 nitrogen and oxygen atoms in total. The number of carbonyl (C=O) groups is 1. The van der Waals surface area contributed by atoms with Crippen LogP contribution in [0.15, 0.2) is 64.9 Å². The normalized spacial score (nSPS) is 15.1. The zero-order chi connectivity index (χ0) is 23.6. The molecule has 2 aromatic carbocycles. The lowest BCUT2D eigenvalue weighted by Gasteiger charge is -2.34. The molecule has 10 heteroatoms. The fourth-order valence-corrected chi connectivity index (χ4v) is 6.23. The number of aryl methyl sites for hydroxylation is 2. The molecule has 1 fully saturated rings. The second-order valence-electron chi connectivity index (χ2n) is 7.93. The van der Waals surface area contributed by atoms with Gasteiger partial charge in [0.1, 0.15) is 10.7 Å².